The van der Waals surface area contributed by atoms with E-state index >= 15 is 0 Å². The first-order chi connectivity index (χ1) is 11.3. The number of hydrogen-bond acceptors (Lipinski definition) is 4. The van der Waals surface area contributed by atoms with Crippen LogP contribution in [0.2, 0.25) is 0 Å². The molecule has 3 N–H and O–H groups in total. The molecule has 3 heterocycles. The number of aryl methyl sites for hydroxylation is 1. The fraction of sp³-hybridized carbons (Fsp3) is 0.250. The summed E-state index contributed by atoms with van der Waals surface area (Å²) < 4.78 is 0. The van der Waals surface area contributed by atoms with Gasteiger partial charge in [-0.1, -0.05) is 6.07 Å². The smallest absolute Gasteiger partial charge is 0.269 e. The molecule has 4 rings (SSSR count). The average Bonchev–Trinajstić information content (AvgIpc) is 3.24. The number of carbonyl (C=O) groups is 1. The molecule has 0 saturated carbocycles. The van der Waals surface area contributed by atoms with Crippen LogP contribution in [0.25, 0.3) is 11.4 Å². The van der Waals surface area contributed by atoms with E-state index in [1.165, 1.54) is 5.56 Å². The summed E-state index contributed by atoms with van der Waals surface area (Å²) in [5.41, 5.74) is 4.20. The van der Waals surface area contributed by atoms with Crippen molar-refractivity contribution in [2.75, 3.05) is 0 Å². The summed E-state index contributed by atoms with van der Waals surface area (Å²) in [6.45, 7) is 0. The molecule has 0 saturated heterocycles. The van der Waals surface area contributed by atoms with Gasteiger partial charge in [-0.3, -0.25) is 20.0 Å². The van der Waals surface area contributed by atoms with Crippen LogP contribution in [-0.2, 0) is 12.8 Å². The third-order valence-corrected chi connectivity index (χ3v) is 4.11. The van der Waals surface area contributed by atoms with E-state index in [0.29, 0.717) is 11.4 Å². The van der Waals surface area contributed by atoms with Gasteiger partial charge in [0.05, 0.1) is 11.9 Å². The summed E-state index contributed by atoms with van der Waals surface area (Å²) in [6.07, 6.45) is 6.19. The molecular weight excluding hydrogens is 292 g/mol. The van der Waals surface area contributed by atoms with E-state index in [1.807, 2.05) is 24.4 Å². The molecule has 0 bridgehead atoms. The maximum absolute atomic E-state index is 12.4. The second-order valence-corrected chi connectivity index (χ2v) is 5.67. The molecule has 0 radical (unpaired) electrons. The van der Waals surface area contributed by atoms with Crippen molar-refractivity contribution in [1.82, 2.24) is 30.7 Å². The third-order valence-electron chi connectivity index (χ3n) is 4.11. The van der Waals surface area contributed by atoms with Gasteiger partial charge in [-0.05, 0) is 36.6 Å². The average molecular weight is 308 g/mol. The lowest BCUT2D eigenvalue weighted by Crippen LogP contribution is -2.39. The maximum Gasteiger partial charge on any atom is 0.269 e. The maximum atomic E-state index is 12.4. The second kappa shape index (κ2) is 5.68. The molecule has 7 heteroatoms. The van der Waals surface area contributed by atoms with Gasteiger partial charge in [0.1, 0.15) is 11.4 Å². The van der Waals surface area contributed by atoms with Gasteiger partial charge >= 0.3 is 0 Å². The molecule has 1 aliphatic carbocycles. The van der Waals surface area contributed by atoms with Gasteiger partial charge in [0.25, 0.3) is 5.91 Å². The number of aromatic nitrogens is 5. The van der Waals surface area contributed by atoms with Crippen molar-refractivity contribution in [1.29, 1.82) is 0 Å². The first-order valence-corrected chi connectivity index (χ1v) is 7.58. The number of rotatable bonds is 3. The van der Waals surface area contributed by atoms with E-state index in [1.54, 1.807) is 12.3 Å². The molecule has 116 valence electrons. The molecule has 0 unspecified atom stereocenters. The van der Waals surface area contributed by atoms with Crippen molar-refractivity contribution < 1.29 is 4.79 Å². The highest BCUT2D eigenvalue weighted by Crippen LogP contribution is 2.19. The number of H-pyrrole nitrogens is 2. The molecule has 7 nitrogen and oxygen atoms in total. The Labute approximate surface area is 132 Å². The monoisotopic (exact) mass is 308 g/mol. The predicted molar refractivity (Wildman–Crippen MR) is 83.7 cm³/mol. The van der Waals surface area contributed by atoms with Crippen LogP contribution < -0.4 is 5.32 Å². The lowest BCUT2D eigenvalue weighted by Gasteiger charge is -2.22. The van der Waals surface area contributed by atoms with E-state index in [-0.39, 0.29) is 11.9 Å². The highest BCUT2D eigenvalue weighted by atomic mass is 16.2. The van der Waals surface area contributed by atoms with E-state index < -0.39 is 0 Å². The predicted octanol–water partition coefficient (Wildman–Crippen LogP) is 1.48. The molecule has 0 spiro atoms. The standard InChI is InChI=1S/C16H16N6O/c23-16(19-11-5-4-10-9-18-20-13(10)7-11)15-8-14(21-22-15)12-3-1-2-6-17-12/h1-3,6,8-9,11H,4-5,7H2,(H,18,20)(H,19,23)(H,21,22)/t11-/m1/s1. The van der Waals surface area contributed by atoms with Crippen LogP contribution in [0, 0.1) is 0 Å². The van der Waals surface area contributed by atoms with Crippen LogP contribution in [0.4, 0.5) is 0 Å². The fourth-order valence-electron chi connectivity index (χ4n) is 2.88. The van der Waals surface area contributed by atoms with Gasteiger partial charge < -0.3 is 5.32 Å². The van der Waals surface area contributed by atoms with E-state index in [2.05, 4.69) is 30.7 Å². The Morgan fingerprint density at radius 1 is 1.26 bits per heavy atom. The molecule has 3 aromatic rings. The minimum absolute atomic E-state index is 0.108. The van der Waals surface area contributed by atoms with Crippen molar-refractivity contribution in [2.24, 2.45) is 0 Å². The largest absolute Gasteiger partial charge is 0.348 e. The van der Waals surface area contributed by atoms with Crippen molar-refractivity contribution in [2.45, 2.75) is 25.3 Å². The van der Waals surface area contributed by atoms with Gasteiger partial charge in [0, 0.05) is 24.4 Å². The molecule has 3 aromatic heterocycles. The number of amides is 1. The highest BCUT2D eigenvalue weighted by molar-refractivity contribution is 5.93. The number of hydrogen-bond donors (Lipinski definition) is 3. The van der Waals surface area contributed by atoms with E-state index in [4.69, 9.17) is 0 Å². The molecule has 0 fully saturated rings. The van der Waals surface area contributed by atoms with Crippen LogP contribution in [0.3, 0.4) is 0 Å². The SMILES string of the molecule is O=C(N[C@@H]1CCc2cn[nH]c2C1)c1cc(-c2ccccn2)n[nH]1. The van der Waals surface area contributed by atoms with Crippen LogP contribution >= 0.6 is 0 Å². The quantitative estimate of drug-likeness (QED) is 0.682. The first kappa shape index (κ1) is 13.7. The van der Waals surface area contributed by atoms with E-state index in [0.717, 1.165) is 30.7 Å². The van der Waals surface area contributed by atoms with Crippen LogP contribution in [-0.4, -0.2) is 37.3 Å². The Hall–Kier alpha value is -2.96. The van der Waals surface area contributed by atoms with Crippen LogP contribution in [0.1, 0.15) is 28.2 Å². The molecule has 0 aliphatic heterocycles. The van der Waals surface area contributed by atoms with Gasteiger partial charge in [0.2, 0.25) is 0 Å². The zero-order valence-electron chi connectivity index (χ0n) is 12.4. The van der Waals surface area contributed by atoms with E-state index in [9.17, 15) is 4.79 Å². The lowest BCUT2D eigenvalue weighted by molar-refractivity contribution is 0.0928. The third kappa shape index (κ3) is 2.73. The van der Waals surface area contributed by atoms with Crippen molar-refractivity contribution in [3.8, 4) is 11.4 Å². The van der Waals surface area contributed by atoms with Gasteiger partial charge in [-0.2, -0.15) is 10.2 Å². The number of nitrogens with zero attached hydrogens (tertiary/aromatic N) is 3. The number of aromatic amines is 2. The Morgan fingerprint density at radius 3 is 3.09 bits per heavy atom. The number of fused-ring (bicyclic) bond motifs is 1. The Bertz CT molecular complexity index is 822. The number of pyridine rings is 1. The van der Waals surface area contributed by atoms with Gasteiger partial charge in [0.15, 0.2) is 0 Å². The summed E-state index contributed by atoms with van der Waals surface area (Å²) in [7, 11) is 0. The Balaban J connectivity index is 1.45. The summed E-state index contributed by atoms with van der Waals surface area (Å²) in [4.78, 5) is 16.6. The normalized spacial score (nSPS) is 16.8. The minimum atomic E-state index is -0.146. The number of nitrogens with one attached hydrogen (secondary N) is 3. The first-order valence-electron chi connectivity index (χ1n) is 7.58. The topological polar surface area (TPSA) is 99.3 Å². The van der Waals surface area contributed by atoms with Crippen LogP contribution in [0.15, 0.2) is 36.7 Å². The van der Waals surface area contributed by atoms with Gasteiger partial charge in [-0.25, -0.2) is 0 Å². The summed E-state index contributed by atoms with van der Waals surface area (Å²) in [5, 5.41) is 17.0. The molecular formula is C16H16N6O. The summed E-state index contributed by atoms with van der Waals surface area (Å²) in [5.74, 6) is -0.146. The molecule has 0 aromatic carbocycles. The molecule has 1 atom stereocenters. The Kier molecular flexibility index (Phi) is 3.38. The minimum Gasteiger partial charge on any atom is -0.348 e. The molecule has 23 heavy (non-hydrogen) atoms. The second-order valence-electron chi connectivity index (χ2n) is 5.67. The van der Waals surface area contributed by atoms with Crippen LogP contribution in [0.5, 0.6) is 0 Å². The van der Waals surface area contributed by atoms with Gasteiger partial charge in [-0.15, -0.1) is 0 Å². The fourth-order valence-corrected chi connectivity index (χ4v) is 2.88. The summed E-state index contributed by atoms with van der Waals surface area (Å²) >= 11 is 0. The molecule has 1 amide bonds. The lowest BCUT2D eigenvalue weighted by atomic mass is 9.94. The highest BCUT2D eigenvalue weighted by Gasteiger charge is 2.22. The number of carbonyl (C=O) groups excluding carboxylic acids is 1. The zero-order chi connectivity index (χ0) is 15.6. The zero-order valence-corrected chi connectivity index (χ0v) is 12.4. The van der Waals surface area contributed by atoms with Crippen molar-refractivity contribution >= 4 is 5.91 Å². The Morgan fingerprint density at radius 2 is 2.22 bits per heavy atom. The molecule has 1 aliphatic rings. The van der Waals surface area contributed by atoms with Crippen molar-refractivity contribution in [3.05, 3.63) is 53.6 Å². The summed E-state index contributed by atoms with van der Waals surface area (Å²) in [6, 6.07) is 7.43. The van der Waals surface area contributed by atoms with Crippen molar-refractivity contribution in [3.63, 3.8) is 0 Å².